The van der Waals surface area contributed by atoms with Gasteiger partial charge in [0.15, 0.2) is 11.5 Å². The van der Waals surface area contributed by atoms with Gasteiger partial charge in [-0.25, -0.2) is 4.99 Å². The highest BCUT2D eigenvalue weighted by atomic mass is 16.5. The van der Waals surface area contributed by atoms with Crippen LogP contribution >= 0.6 is 0 Å². The van der Waals surface area contributed by atoms with E-state index in [0.717, 1.165) is 56.9 Å². The van der Waals surface area contributed by atoms with Gasteiger partial charge in [0.25, 0.3) is 0 Å². The number of hydrogen-bond donors (Lipinski definition) is 3. The molecule has 1 aliphatic heterocycles. The fourth-order valence-corrected chi connectivity index (χ4v) is 3.63. The number of aliphatic imine (C=N–C) groups is 1. The average Bonchev–Trinajstić information content (AvgIpc) is 2.88. The van der Waals surface area contributed by atoms with Gasteiger partial charge < -0.3 is 30.2 Å². The van der Waals surface area contributed by atoms with E-state index in [1.165, 1.54) is 5.57 Å². The fourth-order valence-electron chi connectivity index (χ4n) is 3.63. The molecule has 1 saturated heterocycles. The van der Waals surface area contributed by atoms with E-state index >= 15 is 0 Å². The Balaban J connectivity index is 1.42. The third-order valence-corrected chi connectivity index (χ3v) is 5.61. The van der Waals surface area contributed by atoms with Gasteiger partial charge in [-0.05, 0) is 56.5 Å². The minimum Gasteiger partial charge on any atom is -0.493 e. The smallest absolute Gasteiger partial charge is 0.163 e. The Bertz CT molecular complexity index is 969. The molecule has 1 heterocycles. The van der Waals surface area contributed by atoms with Crippen molar-refractivity contribution in [2.75, 3.05) is 50.7 Å². The van der Waals surface area contributed by atoms with Gasteiger partial charge in [-0.3, -0.25) is 0 Å². The monoisotopic (exact) mass is 478 g/mol. The molecule has 0 bridgehead atoms. The van der Waals surface area contributed by atoms with Gasteiger partial charge in [-0.1, -0.05) is 30.4 Å². The lowest BCUT2D eigenvalue weighted by molar-refractivity contribution is 0.0787. The van der Waals surface area contributed by atoms with E-state index in [-0.39, 0.29) is 0 Å². The second-order valence-electron chi connectivity index (χ2n) is 8.49. The largest absolute Gasteiger partial charge is 0.493 e. The molecule has 3 N–H and O–H groups in total. The highest BCUT2D eigenvalue weighted by Gasteiger charge is 2.12. The highest BCUT2D eigenvalue weighted by Crippen LogP contribution is 2.30. The van der Waals surface area contributed by atoms with Crippen LogP contribution in [0.3, 0.4) is 0 Å². The van der Waals surface area contributed by atoms with E-state index in [0.29, 0.717) is 30.0 Å². The van der Waals surface area contributed by atoms with Crippen LogP contribution in [0, 0.1) is 0 Å². The predicted molar refractivity (Wildman–Crippen MR) is 145 cm³/mol. The SMILES string of the molecule is C=C(N=C/C=C(\C)CNC1CCOCC1)Nc1ccc(OC)c(OCCCNc2ccccc2)c1. The van der Waals surface area contributed by atoms with E-state index in [2.05, 4.69) is 46.6 Å². The molecule has 0 saturated carbocycles. The van der Waals surface area contributed by atoms with Crippen LogP contribution < -0.4 is 25.4 Å². The van der Waals surface area contributed by atoms with Gasteiger partial charge >= 0.3 is 0 Å². The van der Waals surface area contributed by atoms with Crippen molar-refractivity contribution in [3.8, 4) is 11.5 Å². The summed E-state index contributed by atoms with van der Waals surface area (Å²) in [5.74, 6) is 1.93. The second-order valence-corrected chi connectivity index (χ2v) is 8.49. The maximum Gasteiger partial charge on any atom is 0.163 e. The second kappa shape index (κ2) is 14.9. The van der Waals surface area contributed by atoms with Crippen LogP contribution in [0.25, 0.3) is 0 Å². The topological polar surface area (TPSA) is 76.1 Å². The zero-order valence-corrected chi connectivity index (χ0v) is 20.9. The van der Waals surface area contributed by atoms with Crippen LogP contribution in [0.1, 0.15) is 26.2 Å². The van der Waals surface area contributed by atoms with E-state index in [9.17, 15) is 0 Å². The molecule has 7 nitrogen and oxygen atoms in total. The number of anilines is 2. The zero-order chi connectivity index (χ0) is 24.7. The first-order chi connectivity index (χ1) is 17.1. The van der Waals surface area contributed by atoms with Crippen molar-refractivity contribution in [3.63, 3.8) is 0 Å². The predicted octanol–water partition coefficient (Wildman–Crippen LogP) is 5.25. The number of allylic oxidation sites excluding steroid dienone is 1. The molecule has 3 rings (SSSR count). The zero-order valence-electron chi connectivity index (χ0n) is 20.9. The number of benzene rings is 2. The molecule has 0 radical (unpaired) electrons. The lowest BCUT2D eigenvalue weighted by Gasteiger charge is -2.23. The van der Waals surface area contributed by atoms with Crippen molar-refractivity contribution in [2.45, 2.75) is 32.2 Å². The number of para-hydroxylation sites is 1. The Hall–Kier alpha value is -3.29. The van der Waals surface area contributed by atoms with Gasteiger partial charge in [0, 0.05) is 56.0 Å². The van der Waals surface area contributed by atoms with Crippen LogP contribution in [0.2, 0.25) is 0 Å². The molecule has 0 aromatic heterocycles. The Morgan fingerprint density at radius 1 is 1.11 bits per heavy atom. The summed E-state index contributed by atoms with van der Waals surface area (Å²) in [6.07, 6.45) is 6.78. The summed E-state index contributed by atoms with van der Waals surface area (Å²) in [4.78, 5) is 4.41. The molecule has 1 fully saturated rings. The summed E-state index contributed by atoms with van der Waals surface area (Å²) in [7, 11) is 1.64. The summed E-state index contributed by atoms with van der Waals surface area (Å²) in [6.45, 7) is 10.0. The molecular weight excluding hydrogens is 440 g/mol. The summed E-state index contributed by atoms with van der Waals surface area (Å²) in [5, 5.41) is 10.2. The minimum atomic E-state index is 0.535. The minimum absolute atomic E-state index is 0.535. The lowest BCUT2D eigenvalue weighted by Crippen LogP contribution is -2.35. The van der Waals surface area contributed by atoms with Crippen molar-refractivity contribution >= 4 is 17.6 Å². The van der Waals surface area contributed by atoms with Crippen LogP contribution in [0.15, 0.2) is 77.6 Å². The number of methoxy groups -OCH3 is 1. The summed E-state index contributed by atoms with van der Waals surface area (Å²) in [5.41, 5.74) is 3.16. The molecule has 2 aromatic carbocycles. The maximum atomic E-state index is 5.98. The third kappa shape index (κ3) is 9.84. The third-order valence-electron chi connectivity index (χ3n) is 5.61. The summed E-state index contributed by atoms with van der Waals surface area (Å²) < 4.78 is 16.8. The Morgan fingerprint density at radius 3 is 2.69 bits per heavy atom. The van der Waals surface area contributed by atoms with Gasteiger partial charge in [0.1, 0.15) is 5.82 Å². The van der Waals surface area contributed by atoms with Crippen LogP contribution in [-0.2, 0) is 4.74 Å². The Kier molecular flexibility index (Phi) is 11.2. The first kappa shape index (κ1) is 26.3. The van der Waals surface area contributed by atoms with Crippen molar-refractivity contribution in [1.29, 1.82) is 0 Å². The van der Waals surface area contributed by atoms with Gasteiger partial charge in [-0.15, -0.1) is 0 Å². The van der Waals surface area contributed by atoms with Crippen molar-refractivity contribution in [2.24, 2.45) is 4.99 Å². The number of rotatable bonds is 14. The Morgan fingerprint density at radius 2 is 1.91 bits per heavy atom. The first-order valence-corrected chi connectivity index (χ1v) is 12.2. The molecule has 188 valence electrons. The van der Waals surface area contributed by atoms with E-state index < -0.39 is 0 Å². The van der Waals surface area contributed by atoms with Crippen molar-refractivity contribution in [3.05, 3.63) is 72.6 Å². The molecule has 2 aromatic rings. The quantitative estimate of drug-likeness (QED) is 0.255. The average molecular weight is 479 g/mol. The van der Waals surface area contributed by atoms with E-state index in [4.69, 9.17) is 14.2 Å². The van der Waals surface area contributed by atoms with E-state index in [1.54, 1.807) is 13.3 Å². The standard InChI is InChI=1S/C28H38N4O3/c1-22(21-31-25-13-18-34-19-14-25)12-16-29-23(2)32-26-10-11-27(33-3)28(20-26)35-17-7-15-30-24-8-5-4-6-9-24/h4-6,8-12,16,20,25,30-32H,2,7,13-15,17-19,21H2,1,3H3/b22-12+,29-16?. The van der Waals surface area contributed by atoms with Crippen LogP contribution in [-0.4, -0.2) is 52.3 Å². The molecular formula is C28H38N4O3. The highest BCUT2D eigenvalue weighted by molar-refractivity contribution is 5.73. The number of hydrogen-bond acceptors (Lipinski definition) is 7. The fraction of sp³-hybridized carbons (Fsp3) is 0.393. The van der Waals surface area contributed by atoms with Crippen molar-refractivity contribution in [1.82, 2.24) is 5.32 Å². The molecule has 0 atom stereocenters. The molecule has 7 heteroatoms. The normalized spacial score (nSPS) is 14.6. The number of nitrogens with zero attached hydrogens (tertiary/aromatic N) is 1. The van der Waals surface area contributed by atoms with Crippen LogP contribution in [0.5, 0.6) is 11.5 Å². The summed E-state index contributed by atoms with van der Waals surface area (Å²) >= 11 is 0. The molecule has 0 amide bonds. The van der Waals surface area contributed by atoms with Crippen LogP contribution in [0.4, 0.5) is 11.4 Å². The van der Waals surface area contributed by atoms with Crippen molar-refractivity contribution < 1.29 is 14.2 Å². The van der Waals surface area contributed by atoms with E-state index in [1.807, 2.05) is 42.5 Å². The molecule has 1 aliphatic rings. The van der Waals surface area contributed by atoms with Gasteiger partial charge in [-0.2, -0.15) is 0 Å². The molecule has 35 heavy (non-hydrogen) atoms. The number of nitrogens with one attached hydrogen (secondary N) is 3. The molecule has 0 spiro atoms. The Labute approximate surface area is 209 Å². The maximum absolute atomic E-state index is 5.98. The molecule has 0 unspecified atom stereocenters. The lowest BCUT2D eigenvalue weighted by atomic mass is 10.1. The molecule has 0 aliphatic carbocycles. The summed E-state index contributed by atoms with van der Waals surface area (Å²) in [6, 6.07) is 16.4. The first-order valence-electron chi connectivity index (χ1n) is 12.2. The van der Waals surface area contributed by atoms with Gasteiger partial charge in [0.2, 0.25) is 0 Å². The van der Waals surface area contributed by atoms with Gasteiger partial charge in [0.05, 0.1) is 13.7 Å². The number of ether oxygens (including phenoxy) is 3.